The van der Waals surface area contributed by atoms with Crippen LogP contribution in [0.2, 0.25) is 0 Å². The monoisotopic (exact) mass is 499 g/mol. The Morgan fingerprint density at radius 2 is 1.81 bits per heavy atom. The van der Waals surface area contributed by atoms with E-state index in [9.17, 15) is 14.0 Å². The lowest BCUT2D eigenvalue weighted by Gasteiger charge is -2.26. The van der Waals surface area contributed by atoms with Gasteiger partial charge in [-0.05, 0) is 66.4 Å². The number of aryl methyl sites for hydroxylation is 2. The van der Waals surface area contributed by atoms with Crippen LogP contribution in [0.3, 0.4) is 0 Å². The molecule has 1 amide bonds. The van der Waals surface area contributed by atoms with Gasteiger partial charge >= 0.3 is 0 Å². The number of amides is 1. The molecule has 0 N–H and O–H groups in total. The summed E-state index contributed by atoms with van der Waals surface area (Å²) in [6, 6.07) is 14.2. The first kappa shape index (κ1) is 24.3. The first-order chi connectivity index (χ1) is 17.8. The van der Waals surface area contributed by atoms with E-state index in [4.69, 9.17) is 13.9 Å². The summed E-state index contributed by atoms with van der Waals surface area (Å²) >= 11 is 0. The Hall–Kier alpha value is -4.39. The van der Waals surface area contributed by atoms with Gasteiger partial charge in [-0.2, -0.15) is 0 Å². The molecule has 1 atom stereocenters. The molecule has 1 aromatic heterocycles. The van der Waals surface area contributed by atoms with Gasteiger partial charge in [-0.25, -0.2) is 4.39 Å². The lowest BCUT2D eigenvalue weighted by atomic mass is 9.97. The van der Waals surface area contributed by atoms with E-state index in [1.807, 2.05) is 19.9 Å². The number of ether oxygens (including phenoxy) is 2. The molecule has 0 aliphatic carbocycles. The molecule has 0 spiro atoms. The summed E-state index contributed by atoms with van der Waals surface area (Å²) in [5, 5.41) is 0.426. The van der Waals surface area contributed by atoms with Crippen LogP contribution in [0.15, 0.2) is 76.5 Å². The summed E-state index contributed by atoms with van der Waals surface area (Å²) in [5.74, 6) is 0.207. The van der Waals surface area contributed by atoms with Gasteiger partial charge in [-0.15, -0.1) is 0 Å². The molecule has 37 heavy (non-hydrogen) atoms. The molecule has 1 aliphatic heterocycles. The molecule has 0 saturated carbocycles. The van der Waals surface area contributed by atoms with Crippen molar-refractivity contribution in [3.63, 3.8) is 0 Å². The van der Waals surface area contributed by atoms with Crippen molar-refractivity contribution in [1.29, 1.82) is 0 Å². The molecular formula is C30H26FNO5. The van der Waals surface area contributed by atoms with E-state index in [-0.39, 0.29) is 29.1 Å². The molecule has 4 aromatic rings. The molecule has 0 saturated heterocycles. The number of fused-ring (bicyclic) bond motifs is 2. The zero-order chi connectivity index (χ0) is 26.3. The van der Waals surface area contributed by atoms with Crippen LogP contribution in [-0.2, 0) is 6.54 Å². The lowest BCUT2D eigenvalue weighted by Crippen LogP contribution is -2.29. The van der Waals surface area contributed by atoms with Crippen molar-refractivity contribution >= 4 is 16.9 Å². The van der Waals surface area contributed by atoms with Crippen molar-refractivity contribution in [2.75, 3.05) is 13.7 Å². The van der Waals surface area contributed by atoms with E-state index in [0.29, 0.717) is 34.6 Å². The second-order valence-electron chi connectivity index (χ2n) is 9.10. The van der Waals surface area contributed by atoms with Gasteiger partial charge in [0, 0.05) is 6.54 Å². The van der Waals surface area contributed by atoms with Crippen LogP contribution >= 0.6 is 0 Å². The standard InChI is InChI=1S/C30H26FNO5/c1-5-12-36-23-11-8-20(15-24(23)35-4)26-25-27(33)22-14-17(2)13-18(3)28(22)37-29(25)30(34)32(26)16-19-6-9-21(31)10-7-19/h5-11,13-15,26H,1,12,16H2,2-4H3. The molecule has 0 bridgehead atoms. The molecule has 5 rings (SSSR count). The van der Waals surface area contributed by atoms with Gasteiger partial charge in [0.2, 0.25) is 5.76 Å². The normalized spacial score (nSPS) is 14.6. The highest BCUT2D eigenvalue weighted by Crippen LogP contribution is 2.42. The Morgan fingerprint density at radius 3 is 2.51 bits per heavy atom. The van der Waals surface area contributed by atoms with Crippen molar-refractivity contribution < 1.29 is 23.1 Å². The van der Waals surface area contributed by atoms with Crippen LogP contribution in [-0.4, -0.2) is 24.5 Å². The number of rotatable bonds is 7. The molecule has 1 unspecified atom stereocenters. The third-order valence-electron chi connectivity index (χ3n) is 6.52. The minimum Gasteiger partial charge on any atom is -0.493 e. The number of methoxy groups -OCH3 is 1. The third kappa shape index (κ3) is 4.27. The Morgan fingerprint density at radius 1 is 1.05 bits per heavy atom. The molecule has 7 heteroatoms. The molecule has 0 radical (unpaired) electrons. The van der Waals surface area contributed by atoms with E-state index < -0.39 is 11.9 Å². The lowest BCUT2D eigenvalue weighted by molar-refractivity contribution is 0.0714. The van der Waals surface area contributed by atoms with Crippen LogP contribution in [0.5, 0.6) is 11.5 Å². The predicted molar refractivity (Wildman–Crippen MR) is 139 cm³/mol. The Kier molecular flexibility index (Phi) is 6.29. The fourth-order valence-electron chi connectivity index (χ4n) is 4.89. The number of benzene rings is 3. The Balaban J connectivity index is 1.71. The first-order valence-corrected chi connectivity index (χ1v) is 11.9. The highest BCUT2D eigenvalue weighted by atomic mass is 19.1. The molecule has 1 aliphatic rings. The SMILES string of the molecule is C=CCOc1ccc(C2c3c(oc4c(C)cc(C)cc4c3=O)C(=O)N2Cc2ccc(F)cc2)cc1OC. The van der Waals surface area contributed by atoms with Crippen molar-refractivity contribution in [1.82, 2.24) is 4.90 Å². The van der Waals surface area contributed by atoms with Gasteiger partial charge in [0.15, 0.2) is 16.9 Å². The Labute approximate surface area is 213 Å². The topological polar surface area (TPSA) is 69.0 Å². The second-order valence-corrected chi connectivity index (χ2v) is 9.10. The van der Waals surface area contributed by atoms with Crippen molar-refractivity contribution in [3.8, 4) is 11.5 Å². The van der Waals surface area contributed by atoms with E-state index in [0.717, 1.165) is 16.7 Å². The summed E-state index contributed by atoms with van der Waals surface area (Å²) in [6.07, 6.45) is 1.63. The van der Waals surface area contributed by atoms with E-state index >= 15 is 0 Å². The zero-order valence-corrected chi connectivity index (χ0v) is 20.8. The maximum Gasteiger partial charge on any atom is 0.291 e. The van der Waals surface area contributed by atoms with Gasteiger partial charge in [-0.1, -0.05) is 36.9 Å². The highest BCUT2D eigenvalue weighted by Gasteiger charge is 2.43. The highest BCUT2D eigenvalue weighted by molar-refractivity contribution is 5.99. The fraction of sp³-hybridized carbons (Fsp3) is 0.200. The van der Waals surface area contributed by atoms with E-state index in [1.54, 1.807) is 47.4 Å². The summed E-state index contributed by atoms with van der Waals surface area (Å²) in [7, 11) is 1.53. The average Bonchev–Trinajstić information content (AvgIpc) is 3.16. The molecular weight excluding hydrogens is 473 g/mol. The van der Waals surface area contributed by atoms with Crippen molar-refractivity contribution in [3.05, 3.63) is 117 Å². The molecule has 188 valence electrons. The molecule has 3 aromatic carbocycles. The van der Waals surface area contributed by atoms with Gasteiger partial charge in [-0.3, -0.25) is 9.59 Å². The van der Waals surface area contributed by atoms with Gasteiger partial charge in [0.05, 0.1) is 24.1 Å². The van der Waals surface area contributed by atoms with Crippen molar-refractivity contribution in [2.24, 2.45) is 0 Å². The van der Waals surface area contributed by atoms with Gasteiger partial charge in [0.1, 0.15) is 18.0 Å². The maximum absolute atomic E-state index is 13.9. The molecule has 0 fully saturated rings. The third-order valence-corrected chi connectivity index (χ3v) is 6.52. The molecule has 6 nitrogen and oxygen atoms in total. The summed E-state index contributed by atoms with van der Waals surface area (Å²) in [5.41, 5.74) is 3.49. The quantitative estimate of drug-likeness (QED) is 0.298. The predicted octanol–water partition coefficient (Wildman–Crippen LogP) is 5.87. The van der Waals surface area contributed by atoms with E-state index in [1.165, 1.54) is 19.2 Å². The average molecular weight is 500 g/mol. The fourth-order valence-corrected chi connectivity index (χ4v) is 4.89. The van der Waals surface area contributed by atoms with Crippen LogP contribution < -0.4 is 14.9 Å². The number of carbonyl (C=O) groups excluding carboxylic acids is 1. The van der Waals surface area contributed by atoms with Gasteiger partial charge in [0.25, 0.3) is 5.91 Å². The minimum atomic E-state index is -0.739. The number of halogens is 1. The second kappa shape index (κ2) is 9.58. The number of nitrogens with zero attached hydrogens (tertiary/aromatic N) is 1. The summed E-state index contributed by atoms with van der Waals surface area (Å²) < 4.78 is 30.9. The van der Waals surface area contributed by atoms with Gasteiger partial charge < -0.3 is 18.8 Å². The smallest absolute Gasteiger partial charge is 0.291 e. The van der Waals surface area contributed by atoms with E-state index in [2.05, 4.69) is 6.58 Å². The minimum absolute atomic E-state index is 0.0162. The van der Waals surface area contributed by atoms with Crippen LogP contribution in [0.4, 0.5) is 4.39 Å². The van der Waals surface area contributed by atoms with Crippen LogP contribution in [0.1, 0.15) is 44.4 Å². The number of hydrogen-bond donors (Lipinski definition) is 0. The largest absolute Gasteiger partial charge is 0.493 e. The van der Waals surface area contributed by atoms with Crippen molar-refractivity contribution in [2.45, 2.75) is 26.4 Å². The summed E-state index contributed by atoms with van der Waals surface area (Å²) in [4.78, 5) is 29.2. The maximum atomic E-state index is 13.9. The number of carbonyl (C=O) groups is 1. The molecule has 2 heterocycles. The first-order valence-electron chi connectivity index (χ1n) is 11.9. The van der Waals surface area contributed by atoms with Crippen LogP contribution in [0, 0.1) is 19.7 Å². The summed E-state index contributed by atoms with van der Waals surface area (Å²) in [6.45, 7) is 7.88. The van der Waals surface area contributed by atoms with Crippen LogP contribution in [0.25, 0.3) is 11.0 Å². The number of hydrogen-bond acceptors (Lipinski definition) is 5. The zero-order valence-electron chi connectivity index (χ0n) is 20.8. The Bertz CT molecular complexity index is 1590.